The monoisotopic (exact) mass is 207 g/mol. The summed E-state index contributed by atoms with van der Waals surface area (Å²) in [6, 6.07) is 0.765. The van der Waals surface area contributed by atoms with Crippen LogP contribution < -0.4 is 5.32 Å². The maximum atomic E-state index is 4.22. The van der Waals surface area contributed by atoms with Gasteiger partial charge in [0.1, 0.15) is 5.82 Å². The molecule has 1 aliphatic rings. The number of aromatic nitrogens is 2. The predicted molar refractivity (Wildman–Crippen MR) is 61.7 cm³/mol. The van der Waals surface area contributed by atoms with Crippen molar-refractivity contribution in [2.75, 3.05) is 6.54 Å². The summed E-state index contributed by atoms with van der Waals surface area (Å²) in [6.07, 6.45) is 10.1. The molecule has 1 unspecified atom stereocenters. The van der Waals surface area contributed by atoms with Crippen LogP contribution in [-0.4, -0.2) is 22.6 Å². The molecule has 0 aliphatic heterocycles. The van der Waals surface area contributed by atoms with Gasteiger partial charge in [0, 0.05) is 24.9 Å². The van der Waals surface area contributed by atoms with Gasteiger partial charge in [-0.1, -0.05) is 6.92 Å². The van der Waals surface area contributed by atoms with Gasteiger partial charge in [-0.2, -0.15) is 0 Å². The molecule has 1 heterocycles. The molecule has 0 amide bonds. The lowest BCUT2D eigenvalue weighted by molar-refractivity contribution is 0.445. The number of H-pyrrole nitrogens is 1. The quantitative estimate of drug-likeness (QED) is 0.672. The fourth-order valence-corrected chi connectivity index (χ4v) is 2.12. The molecular formula is C12H21N3. The minimum atomic E-state index is 0.765. The van der Waals surface area contributed by atoms with Crippen LogP contribution in [0.25, 0.3) is 0 Å². The largest absolute Gasteiger partial charge is 0.349 e. The molecule has 1 atom stereocenters. The summed E-state index contributed by atoms with van der Waals surface area (Å²) in [4.78, 5) is 7.35. The van der Waals surface area contributed by atoms with Crippen molar-refractivity contribution >= 4 is 0 Å². The van der Waals surface area contributed by atoms with Crippen molar-refractivity contribution in [2.45, 2.75) is 45.1 Å². The molecule has 1 aromatic rings. The Kier molecular flexibility index (Phi) is 3.78. The van der Waals surface area contributed by atoms with E-state index in [1.54, 1.807) is 0 Å². The van der Waals surface area contributed by atoms with Crippen molar-refractivity contribution in [1.29, 1.82) is 0 Å². The summed E-state index contributed by atoms with van der Waals surface area (Å²) in [5.74, 6) is 2.08. The Hall–Kier alpha value is -0.830. The van der Waals surface area contributed by atoms with Crippen molar-refractivity contribution in [3.63, 3.8) is 0 Å². The molecule has 2 rings (SSSR count). The Morgan fingerprint density at radius 2 is 2.47 bits per heavy atom. The predicted octanol–water partition coefficient (Wildman–Crippen LogP) is 2.12. The summed E-state index contributed by atoms with van der Waals surface area (Å²) < 4.78 is 0. The Morgan fingerprint density at radius 3 is 3.07 bits per heavy atom. The summed E-state index contributed by atoms with van der Waals surface area (Å²) in [5.41, 5.74) is 0. The van der Waals surface area contributed by atoms with E-state index in [1.807, 2.05) is 12.4 Å². The van der Waals surface area contributed by atoms with Crippen LogP contribution in [0.1, 0.15) is 38.4 Å². The number of nitrogens with zero attached hydrogens (tertiary/aromatic N) is 1. The molecule has 2 N–H and O–H groups in total. The molecule has 0 spiro atoms. The van der Waals surface area contributed by atoms with Crippen molar-refractivity contribution in [3.05, 3.63) is 18.2 Å². The van der Waals surface area contributed by atoms with Gasteiger partial charge in [-0.15, -0.1) is 0 Å². The van der Waals surface area contributed by atoms with Gasteiger partial charge in [-0.25, -0.2) is 4.98 Å². The normalized spacial score (nSPS) is 17.9. The van der Waals surface area contributed by atoms with Crippen LogP contribution in [0.5, 0.6) is 0 Å². The SMILES string of the molecule is CCC(NCCCc1ncc[nH]1)C1CC1. The van der Waals surface area contributed by atoms with Crippen LogP contribution >= 0.6 is 0 Å². The molecule has 1 saturated carbocycles. The summed E-state index contributed by atoms with van der Waals surface area (Å²) >= 11 is 0. The summed E-state index contributed by atoms with van der Waals surface area (Å²) in [6.45, 7) is 3.40. The lowest BCUT2D eigenvalue weighted by atomic mass is 10.1. The Labute approximate surface area is 91.7 Å². The number of nitrogens with one attached hydrogen (secondary N) is 2. The van der Waals surface area contributed by atoms with Crippen LogP contribution in [0.2, 0.25) is 0 Å². The number of hydrogen-bond donors (Lipinski definition) is 2. The van der Waals surface area contributed by atoms with Gasteiger partial charge in [0.2, 0.25) is 0 Å². The van der Waals surface area contributed by atoms with Crippen molar-refractivity contribution in [2.24, 2.45) is 5.92 Å². The fraction of sp³-hybridized carbons (Fsp3) is 0.750. The molecule has 1 fully saturated rings. The number of rotatable bonds is 7. The van der Waals surface area contributed by atoms with E-state index in [0.29, 0.717) is 0 Å². The first kappa shape index (κ1) is 10.7. The molecule has 15 heavy (non-hydrogen) atoms. The molecule has 0 aromatic carbocycles. The standard InChI is InChI=1S/C12H21N3/c1-2-11(10-5-6-10)13-7-3-4-12-14-8-9-15-12/h8-11,13H,2-7H2,1H3,(H,14,15). The number of imidazole rings is 1. The molecule has 1 aromatic heterocycles. The fourth-order valence-electron chi connectivity index (χ4n) is 2.12. The topological polar surface area (TPSA) is 40.7 Å². The molecule has 3 nitrogen and oxygen atoms in total. The second kappa shape index (κ2) is 5.31. The van der Waals surface area contributed by atoms with Gasteiger partial charge in [0.15, 0.2) is 0 Å². The third-order valence-corrected chi connectivity index (χ3v) is 3.18. The third kappa shape index (κ3) is 3.34. The maximum absolute atomic E-state index is 4.22. The van der Waals surface area contributed by atoms with E-state index in [1.165, 1.54) is 25.7 Å². The van der Waals surface area contributed by atoms with Crippen LogP contribution in [0.15, 0.2) is 12.4 Å². The second-order valence-electron chi connectivity index (χ2n) is 4.45. The Bertz CT molecular complexity index is 264. The Morgan fingerprint density at radius 1 is 1.60 bits per heavy atom. The molecule has 1 aliphatic carbocycles. The van der Waals surface area contributed by atoms with E-state index in [-0.39, 0.29) is 0 Å². The lowest BCUT2D eigenvalue weighted by Crippen LogP contribution is -2.31. The zero-order chi connectivity index (χ0) is 10.5. The van der Waals surface area contributed by atoms with Crippen molar-refractivity contribution < 1.29 is 0 Å². The van der Waals surface area contributed by atoms with E-state index in [4.69, 9.17) is 0 Å². The maximum Gasteiger partial charge on any atom is 0.106 e. The van der Waals surface area contributed by atoms with Crippen LogP contribution in [-0.2, 0) is 6.42 Å². The molecule has 0 bridgehead atoms. The smallest absolute Gasteiger partial charge is 0.106 e. The molecule has 3 heteroatoms. The number of aryl methyl sites for hydroxylation is 1. The summed E-state index contributed by atoms with van der Waals surface area (Å²) in [5, 5.41) is 3.65. The van der Waals surface area contributed by atoms with Crippen LogP contribution in [0.3, 0.4) is 0 Å². The van der Waals surface area contributed by atoms with E-state index >= 15 is 0 Å². The Balaban J connectivity index is 1.58. The first-order valence-corrected chi connectivity index (χ1v) is 6.11. The minimum absolute atomic E-state index is 0.765. The first-order chi connectivity index (χ1) is 7.40. The van der Waals surface area contributed by atoms with Gasteiger partial charge in [-0.3, -0.25) is 0 Å². The highest BCUT2D eigenvalue weighted by atomic mass is 14.9. The zero-order valence-electron chi connectivity index (χ0n) is 9.50. The molecule has 84 valence electrons. The van der Waals surface area contributed by atoms with Gasteiger partial charge in [0.25, 0.3) is 0 Å². The van der Waals surface area contributed by atoms with E-state index in [9.17, 15) is 0 Å². The number of aromatic amines is 1. The lowest BCUT2D eigenvalue weighted by Gasteiger charge is -2.15. The highest BCUT2D eigenvalue weighted by molar-refractivity contribution is 4.88. The second-order valence-corrected chi connectivity index (χ2v) is 4.45. The van der Waals surface area contributed by atoms with Crippen LogP contribution in [0.4, 0.5) is 0 Å². The molecular weight excluding hydrogens is 186 g/mol. The van der Waals surface area contributed by atoms with Gasteiger partial charge < -0.3 is 10.3 Å². The first-order valence-electron chi connectivity index (χ1n) is 6.11. The van der Waals surface area contributed by atoms with Gasteiger partial charge in [0.05, 0.1) is 0 Å². The third-order valence-electron chi connectivity index (χ3n) is 3.18. The van der Waals surface area contributed by atoms with E-state index < -0.39 is 0 Å². The number of hydrogen-bond acceptors (Lipinski definition) is 2. The van der Waals surface area contributed by atoms with E-state index in [2.05, 4.69) is 22.2 Å². The van der Waals surface area contributed by atoms with Crippen molar-refractivity contribution in [1.82, 2.24) is 15.3 Å². The molecule has 0 radical (unpaired) electrons. The van der Waals surface area contributed by atoms with E-state index in [0.717, 1.165) is 30.7 Å². The van der Waals surface area contributed by atoms with Crippen molar-refractivity contribution in [3.8, 4) is 0 Å². The average Bonchev–Trinajstić information content (AvgIpc) is 2.95. The van der Waals surface area contributed by atoms with Crippen LogP contribution in [0, 0.1) is 5.92 Å². The minimum Gasteiger partial charge on any atom is -0.349 e. The zero-order valence-corrected chi connectivity index (χ0v) is 9.50. The van der Waals surface area contributed by atoms with Gasteiger partial charge in [-0.05, 0) is 38.1 Å². The highest BCUT2D eigenvalue weighted by Gasteiger charge is 2.29. The summed E-state index contributed by atoms with van der Waals surface area (Å²) in [7, 11) is 0. The van der Waals surface area contributed by atoms with Gasteiger partial charge >= 0.3 is 0 Å². The molecule has 0 saturated heterocycles. The highest BCUT2D eigenvalue weighted by Crippen LogP contribution is 2.33. The average molecular weight is 207 g/mol.